The lowest BCUT2D eigenvalue weighted by molar-refractivity contribution is 0.0743. The van der Waals surface area contributed by atoms with E-state index in [1.807, 2.05) is 6.07 Å². The number of thiophene rings is 1. The van der Waals surface area contributed by atoms with Gasteiger partial charge in [0.05, 0.1) is 4.88 Å². The van der Waals surface area contributed by atoms with Crippen molar-refractivity contribution in [2.24, 2.45) is 0 Å². The van der Waals surface area contributed by atoms with E-state index in [1.165, 1.54) is 26.4 Å². The van der Waals surface area contributed by atoms with Gasteiger partial charge in [0, 0.05) is 17.8 Å². The average molecular weight is 459 g/mol. The summed E-state index contributed by atoms with van der Waals surface area (Å²) in [6, 6.07) is 23.3. The molecule has 0 bridgehead atoms. The van der Waals surface area contributed by atoms with Gasteiger partial charge in [0.15, 0.2) is 0 Å². The molecule has 33 heavy (non-hydrogen) atoms. The fraction of sp³-hybridized carbons (Fsp3) is 0.345. The van der Waals surface area contributed by atoms with Crippen molar-refractivity contribution in [2.45, 2.75) is 40.2 Å². The highest BCUT2D eigenvalue weighted by Crippen LogP contribution is 2.32. The molecule has 0 saturated heterocycles. The van der Waals surface area contributed by atoms with E-state index in [0.717, 1.165) is 49.5 Å². The minimum atomic E-state index is 0.157. The molecule has 0 unspecified atom stereocenters. The van der Waals surface area contributed by atoms with Crippen LogP contribution in [-0.4, -0.2) is 41.9 Å². The molecule has 3 aromatic carbocycles. The van der Waals surface area contributed by atoms with Crippen LogP contribution >= 0.6 is 11.3 Å². The first-order chi connectivity index (χ1) is 16.1. The topological polar surface area (TPSA) is 23.6 Å². The quantitative estimate of drug-likeness (QED) is 0.236. The minimum absolute atomic E-state index is 0.157. The summed E-state index contributed by atoms with van der Waals surface area (Å²) >= 11 is 1.63. The van der Waals surface area contributed by atoms with Gasteiger partial charge in [0.2, 0.25) is 0 Å². The zero-order valence-corrected chi connectivity index (χ0v) is 20.8. The molecule has 4 heteroatoms. The first-order valence-corrected chi connectivity index (χ1v) is 12.9. The van der Waals surface area contributed by atoms with Crippen molar-refractivity contribution in [1.29, 1.82) is 0 Å². The van der Waals surface area contributed by atoms with Gasteiger partial charge in [-0.2, -0.15) is 0 Å². The number of carbonyl (C=O) groups is 1. The summed E-state index contributed by atoms with van der Waals surface area (Å²) in [6.07, 6.45) is 2.12. The van der Waals surface area contributed by atoms with Crippen molar-refractivity contribution in [3.05, 3.63) is 82.7 Å². The van der Waals surface area contributed by atoms with Crippen molar-refractivity contribution in [3.63, 3.8) is 0 Å². The third-order valence-electron chi connectivity index (χ3n) is 6.56. The van der Waals surface area contributed by atoms with Crippen LogP contribution in [0.3, 0.4) is 0 Å². The number of amides is 1. The molecular weight excluding hydrogens is 424 g/mol. The summed E-state index contributed by atoms with van der Waals surface area (Å²) in [4.78, 5) is 19.2. The third kappa shape index (κ3) is 5.45. The van der Waals surface area contributed by atoms with Crippen LogP contribution in [0.25, 0.3) is 20.9 Å². The number of nitrogens with zero attached hydrogens (tertiary/aromatic N) is 2. The molecule has 0 radical (unpaired) electrons. The highest BCUT2D eigenvalue weighted by atomic mass is 32.1. The fourth-order valence-electron chi connectivity index (χ4n) is 4.51. The summed E-state index contributed by atoms with van der Waals surface area (Å²) in [5, 5.41) is 3.65. The van der Waals surface area contributed by atoms with Crippen LogP contribution < -0.4 is 0 Å². The lowest BCUT2D eigenvalue weighted by Crippen LogP contribution is -2.32. The first kappa shape index (κ1) is 23.5. The predicted octanol–water partition coefficient (Wildman–Crippen LogP) is 7.13. The third-order valence-corrected chi connectivity index (χ3v) is 7.82. The lowest BCUT2D eigenvalue weighted by atomic mass is 10.1. The SMILES string of the molecule is CCN(CC)CCCCN(Cc1ccc2ccccc2c1)C(=O)c1sc2ccccc2c1C. The number of benzene rings is 3. The molecule has 1 heterocycles. The van der Waals surface area contributed by atoms with Crippen LogP contribution in [-0.2, 0) is 6.54 Å². The largest absolute Gasteiger partial charge is 0.334 e. The van der Waals surface area contributed by atoms with Crippen LogP contribution in [0, 0.1) is 6.92 Å². The molecule has 0 aliphatic rings. The molecule has 172 valence electrons. The molecule has 1 amide bonds. The summed E-state index contributed by atoms with van der Waals surface area (Å²) < 4.78 is 1.19. The number of aryl methyl sites for hydroxylation is 1. The second-order valence-corrected chi connectivity index (χ2v) is 9.75. The molecule has 0 aliphatic heterocycles. The zero-order valence-electron chi connectivity index (χ0n) is 20.0. The Kier molecular flexibility index (Phi) is 7.79. The van der Waals surface area contributed by atoms with E-state index < -0.39 is 0 Å². The second-order valence-electron chi connectivity index (χ2n) is 8.69. The summed E-state index contributed by atoms with van der Waals surface area (Å²) in [7, 11) is 0. The Morgan fingerprint density at radius 3 is 2.30 bits per heavy atom. The second kappa shape index (κ2) is 11.0. The molecule has 4 aromatic rings. The molecule has 0 saturated carbocycles. The van der Waals surface area contributed by atoms with Crippen LogP contribution in [0.5, 0.6) is 0 Å². The van der Waals surface area contributed by atoms with Crippen LogP contribution in [0.4, 0.5) is 0 Å². The van der Waals surface area contributed by atoms with Gasteiger partial charge in [-0.3, -0.25) is 4.79 Å². The number of fused-ring (bicyclic) bond motifs is 2. The highest BCUT2D eigenvalue weighted by molar-refractivity contribution is 7.21. The van der Waals surface area contributed by atoms with Gasteiger partial charge >= 0.3 is 0 Å². The summed E-state index contributed by atoms with van der Waals surface area (Å²) in [5.41, 5.74) is 2.29. The Hall–Kier alpha value is -2.69. The summed E-state index contributed by atoms with van der Waals surface area (Å²) in [5.74, 6) is 0.157. The van der Waals surface area contributed by atoms with E-state index in [0.29, 0.717) is 6.54 Å². The first-order valence-electron chi connectivity index (χ1n) is 12.1. The van der Waals surface area contributed by atoms with Crippen molar-refractivity contribution < 1.29 is 4.79 Å². The maximum Gasteiger partial charge on any atom is 0.264 e. The van der Waals surface area contributed by atoms with E-state index in [1.54, 1.807) is 11.3 Å². The molecule has 0 spiro atoms. The molecule has 4 rings (SSSR count). The predicted molar refractivity (Wildman–Crippen MR) is 142 cm³/mol. The van der Waals surface area contributed by atoms with Crippen LogP contribution in [0.15, 0.2) is 66.7 Å². The smallest absolute Gasteiger partial charge is 0.264 e. The van der Waals surface area contributed by atoms with Crippen molar-refractivity contribution in [3.8, 4) is 0 Å². The summed E-state index contributed by atoms with van der Waals surface area (Å²) in [6.45, 7) is 11.2. The molecule has 0 aliphatic carbocycles. The maximum atomic E-state index is 13.8. The van der Waals surface area contributed by atoms with Gasteiger partial charge in [-0.25, -0.2) is 0 Å². The van der Waals surface area contributed by atoms with E-state index in [2.05, 4.69) is 91.2 Å². The van der Waals surface area contributed by atoms with E-state index >= 15 is 0 Å². The van der Waals surface area contributed by atoms with Gasteiger partial charge in [-0.05, 0) is 78.8 Å². The van der Waals surface area contributed by atoms with Crippen molar-refractivity contribution in [1.82, 2.24) is 9.80 Å². The molecule has 0 N–H and O–H groups in total. The Balaban J connectivity index is 1.56. The number of rotatable bonds is 10. The van der Waals surface area contributed by atoms with Crippen LogP contribution in [0.2, 0.25) is 0 Å². The number of hydrogen-bond donors (Lipinski definition) is 0. The maximum absolute atomic E-state index is 13.8. The van der Waals surface area contributed by atoms with E-state index in [4.69, 9.17) is 0 Å². The van der Waals surface area contributed by atoms with Crippen molar-refractivity contribution in [2.75, 3.05) is 26.2 Å². The number of carbonyl (C=O) groups excluding carboxylic acids is 1. The molecule has 0 fully saturated rings. The monoisotopic (exact) mass is 458 g/mol. The Morgan fingerprint density at radius 1 is 0.848 bits per heavy atom. The highest BCUT2D eigenvalue weighted by Gasteiger charge is 2.21. The van der Waals surface area contributed by atoms with Gasteiger partial charge in [-0.1, -0.05) is 68.4 Å². The normalized spacial score (nSPS) is 11.5. The molecule has 1 aromatic heterocycles. The standard InChI is InChI=1S/C29H34N2OS/c1-4-30(5-2)18-10-11-19-31(21-23-16-17-24-12-6-7-13-25(24)20-23)29(32)28-22(3)26-14-8-9-15-27(26)33-28/h6-9,12-17,20H,4-5,10-11,18-19,21H2,1-3H3. The Morgan fingerprint density at radius 2 is 1.55 bits per heavy atom. The molecule has 3 nitrogen and oxygen atoms in total. The number of hydrogen-bond acceptors (Lipinski definition) is 3. The fourth-order valence-corrected chi connectivity index (χ4v) is 5.69. The van der Waals surface area contributed by atoms with E-state index in [-0.39, 0.29) is 5.91 Å². The average Bonchev–Trinajstić information content (AvgIpc) is 3.19. The van der Waals surface area contributed by atoms with Gasteiger partial charge in [0.1, 0.15) is 0 Å². The van der Waals surface area contributed by atoms with Gasteiger partial charge in [-0.15, -0.1) is 11.3 Å². The minimum Gasteiger partial charge on any atom is -0.334 e. The zero-order chi connectivity index (χ0) is 23.2. The molecule has 0 atom stereocenters. The number of unbranched alkanes of at least 4 members (excludes halogenated alkanes) is 1. The Labute approximate surface area is 201 Å². The molecular formula is C29H34N2OS. The lowest BCUT2D eigenvalue weighted by Gasteiger charge is -2.24. The van der Waals surface area contributed by atoms with Gasteiger partial charge in [0.25, 0.3) is 5.91 Å². The van der Waals surface area contributed by atoms with Crippen LogP contribution in [0.1, 0.15) is 47.5 Å². The van der Waals surface area contributed by atoms with Gasteiger partial charge < -0.3 is 9.80 Å². The van der Waals surface area contributed by atoms with E-state index in [9.17, 15) is 4.79 Å². The Bertz CT molecular complexity index is 1220. The van der Waals surface area contributed by atoms with Crippen molar-refractivity contribution >= 4 is 38.1 Å².